The molecule has 2 rings (SSSR count). The molecule has 1 heterocycles. The second-order valence-corrected chi connectivity index (χ2v) is 4.50. The first-order chi connectivity index (χ1) is 9.49. The molecule has 3 N–H and O–H groups in total. The number of nitrogens with one attached hydrogen (secondary N) is 1. The van der Waals surface area contributed by atoms with Crippen molar-refractivity contribution in [2.24, 2.45) is 0 Å². The first kappa shape index (κ1) is 13.9. The van der Waals surface area contributed by atoms with Crippen molar-refractivity contribution in [3.8, 4) is 5.75 Å². The number of aromatic nitrogens is 1. The molecule has 0 aliphatic rings. The van der Waals surface area contributed by atoms with E-state index in [9.17, 15) is 4.79 Å². The van der Waals surface area contributed by atoms with E-state index < -0.39 is 0 Å². The Morgan fingerprint density at radius 3 is 2.80 bits per heavy atom. The number of ether oxygens (including phenoxy) is 1. The summed E-state index contributed by atoms with van der Waals surface area (Å²) < 4.78 is 10.5. The van der Waals surface area contributed by atoms with E-state index in [0.717, 1.165) is 0 Å². The van der Waals surface area contributed by atoms with Crippen LogP contribution in [0.4, 0.5) is 5.69 Å². The number of hydrogen-bond acceptors (Lipinski definition) is 5. The quantitative estimate of drug-likeness (QED) is 0.833. The van der Waals surface area contributed by atoms with E-state index in [4.69, 9.17) is 14.9 Å². The number of anilines is 1. The molecule has 1 aromatic carbocycles. The zero-order valence-corrected chi connectivity index (χ0v) is 11.6. The Kier molecular flexibility index (Phi) is 3.93. The second kappa shape index (κ2) is 5.64. The molecular weight excluding hydrogens is 258 g/mol. The fraction of sp³-hybridized carbons (Fsp3) is 0.286. The maximum Gasteiger partial charge on any atom is 0.252 e. The number of carbonyl (C=O) groups is 1. The summed E-state index contributed by atoms with van der Waals surface area (Å²) >= 11 is 0. The van der Waals surface area contributed by atoms with E-state index in [2.05, 4.69) is 10.3 Å². The van der Waals surface area contributed by atoms with Crippen LogP contribution in [0.25, 0.3) is 0 Å². The molecule has 0 fully saturated rings. The fourth-order valence-corrected chi connectivity index (χ4v) is 1.79. The molecule has 106 valence electrons. The number of rotatable bonds is 4. The molecule has 0 saturated heterocycles. The standard InChI is InChI=1S/C14H17N3O3/c1-8-7-16-14(20-8)9(2)17-13(18)10-4-11(15)6-12(5-10)19-3/h4-7,9H,15H2,1-3H3,(H,17,18). The lowest BCUT2D eigenvalue weighted by Gasteiger charge is -2.11. The first-order valence-electron chi connectivity index (χ1n) is 6.17. The molecule has 0 aliphatic carbocycles. The van der Waals surface area contributed by atoms with Gasteiger partial charge in [0.2, 0.25) is 5.89 Å². The predicted octanol–water partition coefficient (Wildman–Crippen LogP) is 2.06. The summed E-state index contributed by atoms with van der Waals surface area (Å²) in [4.78, 5) is 16.2. The highest BCUT2D eigenvalue weighted by Gasteiger charge is 2.16. The van der Waals surface area contributed by atoms with Gasteiger partial charge >= 0.3 is 0 Å². The van der Waals surface area contributed by atoms with Crippen molar-refractivity contribution in [2.45, 2.75) is 19.9 Å². The van der Waals surface area contributed by atoms with Gasteiger partial charge in [0, 0.05) is 17.3 Å². The molecule has 1 aromatic heterocycles. The van der Waals surface area contributed by atoms with Crippen molar-refractivity contribution < 1.29 is 13.9 Å². The Balaban J connectivity index is 2.13. The van der Waals surface area contributed by atoms with Crippen LogP contribution in [0.2, 0.25) is 0 Å². The Bertz CT molecular complexity index is 622. The third kappa shape index (κ3) is 3.09. The van der Waals surface area contributed by atoms with Crippen LogP contribution in [-0.2, 0) is 0 Å². The van der Waals surface area contributed by atoms with Crippen LogP contribution in [0.1, 0.15) is 35.0 Å². The van der Waals surface area contributed by atoms with E-state index in [1.165, 1.54) is 7.11 Å². The molecule has 6 nitrogen and oxygen atoms in total. The number of nitrogen functional groups attached to an aromatic ring is 1. The first-order valence-corrected chi connectivity index (χ1v) is 6.17. The molecule has 0 aliphatic heterocycles. The van der Waals surface area contributed by atoms with Gasteiger partial charge in [-0.15, -0.1) is 0 Å². The number of nitrogens with two attached hydrogens (primary N) is 1. The van der Waals surface area contributed by atoms with Crippen molar-refractivity contribution >= 4 is 11.6 Å². The van der Waals surface area contributed by atoms with Crippen LogP contribution in [0.5, 0.6) is 5.75 Å². The number of oxazole rings is 1. The van der Waals surface area contributed by atoms with Crippen molar-refractivity contribution in [1.29, 1.82) is 0 Å². The summed E-state index contributed by atoms with van der Waals surface area (Å²) in [5.41, 5.74) is 6.62. The van der Waals surface area contributed by atoms with E-state index in [-0.39, 0.29) is 11.9 Å². The zero-order chi connectivity index (χ0) is 14.7. The van der Waals surface area contributed by atoms with Gasteiger partial charge in [0.25, 0.3) is 5.91 Å². The molecule has 1 atom stereocenters. The largest absolute Gasteiger partial charge is 0.497 e. The van der Waals surface area contributed by atoms with Gasteiger partial charge in [-0.05, 0) is 26.0 Å². The average molecular weight is 275 g/mol. The third-order valence-corrected chi connectivity index (χ3v) is 2.78. The smallest absolute Gasteiger partial charge is 0.252 e. The van der Waals surface area contributed by atoms with Crippen molar-refractivity contribution in [3.05, 3.63) is 41.6 Å². The van der Waals surface area contributed by atoms with E-state index in [1.807, 2.05) is 0 Å². The maximum absolute atomic E-state index is 12.2. The average Bonchev–Trinajstić information content (AvgIpc) is 2.84. The van der Waals surface area contributed by atoms with Gasteiger partial charge in [-0.3, -0.25) is 4.79 Å². The fourth-order valence-electron chi connectivity index (χ4n) is 1.79. The Hall–Kier alpha value is -2.50. The minimum absolute atomic E-state index is 0.265. The minimum atomic E-state index is -0.330. The number of methoxy groups -OCH3 is 1. The maximum atomic E-state index is 12.2. The lowest BCUT2D eigenvalue weighted by Crippen LogP contribution is -2.26. The number of carbonyl (C=O) groups excluding carboxylic acids is 1. The van der Waals surface area contributed by atoms with Crippen molar-refractivity contribution in [3.63, 3.8) is 0 Å². The number of hydrogen-bond donors (Lipinski definition) is 2. The third-order valence-electron chi connectivity index (χ3n) is 2.78. The van der Waals surface area contributed by atoms with Crippen molar-refractivity contribution in [1.82, 2.24) is 10.3 Å². The van der Waals surface area contributed by atoms with E-state index in [0.29, 0.717) is 28.7 Å². The van der Waals surface area contributed by atoms with E-state index in [1.54, 1.807) is 38.2 Å². The second-order valence-electron chi connectivity index (χ2n) is 4.50. The zero-order valence-electron chi connectivity index (χ0n) is 11.6. The molecule has 0 radical (unpaired) electrons. The number of nitrogens with zero attached hydrogens (tertiary/aromatic N) is 1. The molecule has 0 saturated carbocycles. The van der Waals surface area contributed by atoms with Crippen molar-refractivity contribution in [2.75, 3.05) is 12.8 Å². The highest BCUT2D eigenvalue weighted by molar-refractivity contribution is 5.95. The minimum Gasteiger partial charge on any atom is -0.497 e. The molecular formula is C14H17N3O3. The van der Waals surface area contributed by atoms with Gasteiger partial charge in [0.05, 0.1) is 13.3 Å². The molecule has 0 bridgehead atoms. The molecule has 1 unspecified atom stereocenters. The monoisotopic (exact) mass is 275 g/mol. The van der Waals surface area contributed by atoms with Gasteiger partial charge in [-0.1, -0.05) is 0 Å². The summed E-state index contributed by atoms with van der Waals surface area (Å²) in [6, 6.07) is 4.53. The number of benzene rings is 1. The molecule has 1 amide bonds. The Morgan fingerprint density at radius 1 is 1.45 bits per heavy atom. The van der Waals surface area contributed by atoms with Crippen LogP contribution in [0.3, 0.4) is 0 Å². The normalized spacial score (nSPS) is 11.9. The van der Waals surface area contributed by atoms with Gasteiger partial charge in [-0.2, -0.15) is 0 Å². The van der Waals surface area contributed by atoms with Crippen LogP contribution in [-0.4, -0.2) is 18.0 Å². The van der Waals surface area contributed by atoms with E-state index >= 15 is 0 Å². The molecule has 2 aromatic rings. The molecule has 20 heavy (non-hydrogen) atoms. The van der Waals surface area contributed by atoms with Crippen LogP contribution < -0.4 is 15.8 Å². The number of amides is 1. The highest BCUT2D eigenvalue weighted by Crippen LogP contribution is 2.19. The summed E-state index contributed by atoms with van der Waals surface area (Å²) in [6.45, 7) is 3.60. The van der Waals surface area contributed by atoms with Crippen LogP contribution in [0.15, 0.2) is 28.8 Å². The van der Waals surface area contributed by atoms with Crippen LogP contribution >= 0.6 is 0 Å². The lowest BCUT2D eigenvalue weighted by molar-refractivity contribution is 0.0933. The van der Waals surface area contributed by atoms with Gasteiger partial charge in [0.15, 0.2) is 0 Å². The molecule has 0 spiro atoms. The van der Waals surface area contributed by atoms with Crippen LogP contribution in [0, 0.1) is 6.92 Å². The summed E-state index contributed by atoms with van der Waals surface area (Å²) in [6.07, 6.45) is 1.61. The molecule has 6 heteroatoms. The highest BCUT2D eigenvalue weighted by atomic mass is 16.5. The Labute approximate surface area is 116 Å². The summed E-state index contributed by atoms with van der Waals surface area (Å²) in [5, 5.41) is 2.80. The van der Waals surface area contributed by atoms with Gasteiger partial charge < -0.3 is 20.2 Å². The topological polar surface area (TPSA) is 90.4 Å². The summed E-state index contributed by atoms with van der Waals surface area (Å²) in [7, 11) is 1.52. The Morgan fingerprint density at radius 2 is 2.20 bits per heavy atom. The lowest BCUT2D eigenvalue weighted by atomic mass is 10.1. The van der Waals surface area contributed by atoms with Gasteiger partial charge in [-0.25, -0.2) is 4.98 Å². The van der Waals surface area contributed by atoms with Gasteiger partial charge in [0.1, 0.15) is 17.6 Å². The summed E-state index contributed by atoms with van der Waals surface area (Å²) in [5.74, 6) is 1.44. The number of aryl methyl sites for hydroxylation is 1. The predicted molar refractivity (Wildman–Crippen MR) is 74.5 cm³/mol. The SMILES string of the molecule is COc1cc(N)cc(C(=O)NC(C)c2ncc(C)o2)c1.